The molecule has 1 amide bonds. The number of aromatic amines is 1. The molecule has 3 aromatic rings. The van der Waals surface area contributed by atoms with Crippen molar-refractivity contribution < 1.29 is 13.2 Å². The SMILES string of the molecule is CC(C)N(C)S(=O)(=O)c1ccc(NC(=O)Cc2c[nH]c3ccccc23)cc1. The quantitative estimate of drug-likeness (QED) is 0.682. The summed E-state index contributed by atoms with van der Waals surface area (Å²) in [5.74, 6) is -0.158. The molecule has 0 saturated carbocycles. The molecule has 2 N–H and O–H groups in total. The predicted molar refractivity (Wildman–Crippen MR) is 107 cm³/mol. The van der Waals surface area contributed by atoms with E-state index >= 15 is 0 Å². The number of hydrogen-bond acceptors (Lipinski definition) is 3. The highest BCUT2D eigenvalue weighted by Gasteiger charge is 2.22. The summed E-state index contributed by atoms with van der Waals surface area (Å²) in [6.07, 6.45) is 2.07. The summed E-state index contributed by atoms with van der Waals surface area (Å²) in [7, 11) is -1.98. The van der Waals surface area contributed by atoms with Crippen LogP contribution in [0.5, 0.6) is 0 Å². The molecule has 0 aliphatic carbocycles. The first-order valence-corrected chi connectivity index (χ1v) is 10.2. The van der Waals surface area contributed by atoms with Gasteiger partial charge >= 0.3 is 0 Å². The van der Waals surface area contributed by atoms with Gasteiger partial charge in [0.15, 0.2) is 0 Å². The smallest absolute Gasteiger partial charge is 0.243 e. The van der Waals surface area contributed by atoms with Crippen LogP contribution in [-0.2, 0) is 21.2 Å². The Kier molecular flexibility index (Phi) is 5.34. The van der Waals surface area contributed by atoms with E-state index in [0.29, 0.717) is 5.69 Å². The van der Waals surface area contributed by atoms with E-state index in [1.165, 1.54) is 16.4 Å². The Morgan fingerprint density at radius 2 is 1.78 bits per heavy atom. The lowest BCUT2D eigenvalue weighted by molar-refractivity contribution is -0.115. The van der Waals surface area contributed by atoms with Gasteiger partial charge in [0.2, 0.25) is 15.9 Å². The van der Waals surface area contributed by atoms with Crippen molar-refractivity contribution in [2.24, 2.45) is 0 Å². The van der Waals surface area contributed by atoms with Crippen LogP contribution in [0.2, 0.25) is 0 Å². The molecule has 1 heterocycles. The van der Waals surface area contributed by atoms with E-state index < -0.39 is 10.0 Å². The third-order valence-electron chi connectivity index (χ3n) is 4.57. The van der Waals surface area contributed by atoms with E-state index in [-0.39, 0.29) is 23.3 Å². The topological polar surface area (TPSA) is 82.3 Å². The van der Waals surface area contributed by atoms with Gasteiger partial charge in [-0.25, -0.2) is 8.42 Å². The van der Waals surface area contributed by atoms with Crippen molar-refractivity contribution in [3.05, 3.63) is 60.3 Å². The van der Waals surface area contributed by atoms with Gasteiger partial charge in [-0.2, -0.15) is 4.31 Å². The number of amides is 1. The molecule has 3 rings (SSSR count). The zero-order valence-corrected chi connectivity index (χ0v) is 16.4. The van der Waals surface area contributed by atoms with Crippen LogP contribution in [0, 0.1) is 0 Å². The minimum atomic E-state index is -3.53. The normalized spacial score (nSPS) is 12.0. The van der Waals surface area contributed by atoms with E-state index in [1.807, 2.05) is 44.3 Å². The minimum absolute atomic E-state index is 0.134. The fourth-order valence-electron chi connectivity index (χ4n) is 2.81. The number of sulfonamides is 1. The molecule has 0 fully saturated rings. The van der Waals surface area contributed by atoms with Gasteiger partial charge < -0.3 is 10.3 Å². The third-order valence-corrected chi connectivity index (χ3v) is 6.62. The van der Waals surface area contributed by atoms with Crippen LogP contribution in [0.15, 0.2) is 59.6 Å². The number of anilines is 1. The Hall–Kier alpha value is -2.64. The molecule has 0 radical (unpaired) electrons. The Labute approximate surface area is 159 Å². The van der Waals surface area contributed by atoms with Crippen molar-refractivity contribution in [1.29, 1.82) is 0 Å². The number of fused-ring (bicyclic) bond motifs is 1. The molecule has 0 bridgehead atoms. The van der Waals surface area contributed by atoms with E-state index in [9.17, 15) is 13.2 Å². The number of H-pyrrole nitrogens is 1. The first-order valence-electron chi connectivity index (χ1n) is 8.72. The Balaban J connectivity index is 1.70. The summed E-state index contributed by atoms with van der Waals surface area (Å²) in [5.41, 5.74) is 2.47. The van der Waals surface area contributed by atoms with Crippen LogP contribution < -0.4 is 5.32 Å². The Morgan fingerprint density at radius 1 is 1.11 bits per heavy atom. The van der Waals surface area contributed by atoms with Gasteiger partial charge in [0.1, 0.15) is 0 Å². The molecule has 142 valence electrons. The highest BCUT2D eigenvalue weighted by atomic mass is 32.2. The number of para-hydroxylation sites is 1. The largest absolute Gasteiger partial charge is 0.361 e. The molecule has 0 aliphatic heterocycles. The van der Waals surface area contributed by atoms with Crippen LogP contribution in [0.4, 0.5) is 5.69 Å². The van der Waals surface area contributed by atoms with Gasteiger partial charge in [0.05, 0.1) is 11.3 Å². The summed E-state index contributed by atoms with van der Waals surface area (Å²) in [4.78, 5) is 15.7. The molecule has 0 spiro atoms. The van der Waals surface area contributed by atoms with Crippen LogP contribution in [-0.4, -0.2) is 36.7 Å². The average molecular weight is 385 g/mol. The van der Waals surface area contributed by atoms with E-state index in [0.717, 1.165) is 16.5 Å². The van der Waals surface area contributed by atoms with Gasteiger partial charge in [-0.15, -0.1) is 0 Å². The summed E-state index contributed by atoms with van der Waals surface area (Å²) >= 11 is 0. The third kappa shape index (κ3) is 4.04. The lowest BCUT2D eigenvalue weighted by Crippen LogP contribution is -2.33. The molecule has 6 nitrogen and oxygen atoms in total. The van der Waals surface area contributed by atoms with Gasteiger partial charge in [-0.1, -0.05) is 18.2 Å². The van der Waals surface area contributed by atoms with Crippen molar-refractivity contribution in [2.75, 3.05) is 12.4 Å². The molecule has 0 saturated heterocycles. The van der Waals surface area contributed by atoms with Crippen molar-refractivity contribution in [3.63, 3.8) is 0 Å². The van der Waals surface area contributed by atoms with Crippen molar-refractivity contribution in [3.8, 4) is 0 Å². The maximum absolute atomic E-state index is 12.5. The monoisotopic (exact) mass is 385 g/mol. The summed E-state index contributed by atoms with van der Waals surface area (Å²) in [5, 5.41) is 3.83. The van der Waals surface area contributed by atoms with E-state index in [4.69, 9.17) is 0 Å². The number of nitrogens with zero attached hydrogens (tertiary/aromatic N) is 1. The zero-order valence-electron chi connectivity index (χ0n) is 15.6. The van der Waals surface area contributed by atoms with E-state index in [1.54, 1.807) is 19.2 Å². The molecule has 0 aliphatic rings. The predicted octanol–water partition coefficient (Wildman–Crippen LogP) is 3.38. The standard InChI is InChI=1S/C20H23N3O3S/c1-14(2)23(3)27(25,26)17-10-8-16(9-11-17)22-20(24)12-15-13-21-19-7-5-4-6-18(15)19/h4-11,13-14,21H,12H2,1-3H3,(H,22,24). The molecule has 27 heavy (non-hydrogen) atoms. The lowest BCUT2D eigenvalue weighted by atomic mass is 10.1. The molecule has 0 unspecified atom stereocenters. The lowest BCUT2D eigenvalue weighted by Gasteiger charge is -2.21. The van der Waals surface area contributed by atoms with Crippen LogP contribution in [0.3, 0.4) is 0 Å². The van der Waals surface area contributed by atoms with Gasteiger partial charge in [0.25, 0.3) is 0 Å². The second-order valence-electron chi connectivity index (χ2n) is 6.72. The molecule has 2 aromatic carbocycles. The number of benzene rings is 2. The first-order chi connectivity index (χ1) is 12.8. The number of rotatable bonds is 6. The van der Waals surface area contributed by atoms with Crippen LogP contribution in [0.25, 0.3) is 10.9 Å². The fraction of sp³-hybridized carbons (Fsp3) is 0.250. The molecule has 1 aromatic heterocycles. The highest BCUT2D eigenvalue weighted by Crippen LogP contribution is 2.21. The highest BCUT2D eigenvalue weighted by molar-refractivity contribution is 7.89. The number of carbonyl (C=O) groups is 1. The van der Waals surface area contributed by atoms with Crippen molar-refractivity contribution in [2.45, 2.75) is 31.2 Å². The number of aromatic nitrogens is 1. The van der Waals surface area contributed by atoms with Gasteiger partial charge in [-0.05, 0) is 49.7 Å². The maximum atomic E-state index is 12.5. The Morgan fingerprint density at radius 3 is 2.44 bits per heavy atom. The van der Waals surface area contributed by atoms with E-state index in [2.05, 4.69) is 10.3 Å². The van der Waals surface area contributed by atoms with Crippen LogP contribution >= 0.6 is 0 Å². The summed E-state index contributed by atoms with van der Waals surface area (Å²) in [6, 6.07) is 13.9. The number of carbonyl (C=O) groups excluding carboxylic acids is 1. The Bertz CT molecular complexity index is 1050. The number of hydrogen-bond donors (Lipinski definition) is 2. The average Bonchev–Trinajstić information content (AvgIpc) is 3.04. The van der Waals surface area contributed by atoms with Gasteiger partial charge in [-0.3, -0.25) is 4.79 Å². The van der Waals surface area contributed by atoms with Crippen LogP contribution in [0.1, 0.15) is 19.4 Å². The first kappa shape index (κ1) is 19.1. The fourth-order valence-corrected chi connectivity index (χ4v) is 4.18. The molecule has 7 heteroatoms. The summed E-state index contributed by atoms with van der Waals surface area (Å²) < 4.78 is 26.3. The van der Waals surface area contributed by atoms with Crippen molar-refractivity contribution in [1.82, 2.24) is 9.29 Å². The van der Waals surface area contributed by atoms with Gasteiger partial charge in [0, 0.05) is 35.9 Å². The summed E-state index contributed by atoms with van der Waals surface area (Å²) in [6.45, 7) is 3.63. The molecule has 0 atom stereocenters. The number of nitrogens with one attached hydrogen (secondary N) is 2. The second kappa shape index (κ2) is 7.54. The molecular formula is C20H23N3O3S. The van der Waals surface area contributed by atoms with Crippen molar-refractivity contribution >= 4 is 32.5 Å². The second-order valence-corrected chi connectivity index (χ2v) is 8.72. The molecular weight excluding hydrogens is 362 g/mol. The maximum Gasteiger partial charge on any atom is 0.243 e. The minimum Gasteiger partial charge on any atom is -0.361 e. The zero-order chi connectivity index (χ0) is 19.6.